The van der Waals surface area contributed by atoms with Gasteiger partial charge in [0.1, 0.15) is 0 Å². The molecule has 0 saturated carbocycles. The molecule has 120 valence electrons. The standard InChI is InChI=1S/C15H23N5O2/c1-21-12-6-14-17-15(22-18-14)13-5-2-3-8-19(13)10-11-20-9-4-7-16-20/h4,7,9,13H,2-3,5-6,8,10-12H2,1H3. The van der Waals surface area contributed by atoms with Gasteiger partial charge in [-0.15, -0.1) is 0 Å². The summed E-state index contributed by atoms with van der Waals surface area (Å²) < 4.78 is 12.5. The molecular weight excluding hydrogens is 282 g/mol. The number of hydrogen-bond donors (Lipinski definition) is 0. The zero-order valence-electron chi connectivity index (χ0n) is 13.0. The lowest BCUT2D eigenvalue weighted by molar-refractivity contribution is 0.113. The van der Waals surface area contributed by atoms with Crippen molar-refractivity contribution >= 4 is 0 Å². The van der Waals surface area contributed by atoms with Crippen molar-refractivity contribution in [3.8, 4) is 0 Å². The summed E-state index contributed by atoms with van der Waals surface area (Å²) in [4.78, 5) is 6.97. The molecule has 1 saturated heterocycles. The van der Waals surface area contributed by atoms with E-state index >= 15 is 0 Å². The molecule has 7 nitrogen and oxygen atoms in total. The number of likely N-dealkylation sites (tertiary alicyclic amines) is 1. The van der Waals surface area contributed by atoms with Gasteiger partial charge in [0, 0.05) is 32.5 Å². The van der Waals surface area contributed by atoms with Crippen molar-refractivity contribution in [2.24, 2.45) is 0 Å². The maximum absolute atomic E-state index is 5.49. The first-order valence-corrected chi connectivity index (χ1v) is 7.89. The summed E-state index contributed by atoms with van der Waals surface area (Å²) in [5, 5.41) is 8.32. The van der Waals surface area contributed by atoms with Crippen LogP contribution < -0.4 is 0 Å². The highest BCUT2D eigenvalue weighted by Crippen LogP contribution is 2.29. The van der Waals surface area contributed by atoms with Gasteiger partial charge in [0.05, 0.1) is 19.2 Å². The van der Waals surface area contributed by atoms with E-state index in [1.807, 2.05) is 23.1 Å². The molecule has 22 heavy (non-hydrogen) atoms. The van der Waals surface area contributed by atoms with Crippen molar-refractivity contribution in [1.29, 1.82) is 0 Å². The van der Waals surface area contributed by atoms with Crippen molar-refractivity contribution in [3.05, 3.63) is 30.2 Å². The minimum atomic E-state index is 0.230. The fourth-order valence-electron chi connectivity index (χ4n) is 2.90. The van der Waals surface area contributed by atoms with Crippen molar-refractivity contribution in [1.82, 2.24) is 24.8 Å². The number of piperidine rings is 1. The quantitative estimate of drug-likeness (QED) is 0.775. The third kappa shape index (κ3) is 3.72. The van der Waals surface area contributed by atoms with Crippen molar-refractivity contribution in [2.45, 2.75) is 38.3 Å². The van der Waals surface area contributed by atoms with Crippen molar-refractivity contribution < 1.29 is 9.26 Å². The predicted octanol–water partition coefficient (Wildman–Crippen LogP) is 1.68. The van der Waals surface area contributed by atoms with Gasteiger partial charge in [0.25, 0.3) is 0 Å². The lowest BCUT2D eigenvalue weighted by Gasteiger charge is -2.33. The van der Waals surface area contributed by atoms with Gasteiger partial charge in [-0.2, -0.15) is 10.1 Å². The first-order valence-electron chi connectivity index (χ1n) is 7.89. The summed E-state index contributed by atoms with van der Waals surface area (Å²) in [5.74, 6) is 1.47. The molecule has 3 heterocycles. The second-order valence-corrected chi connectivity index (χ2v) is 5.61. The smallest absolute Gasteiger partial charge is 0.243 e. The summed E-state index contributed by atoms with van der Waals surface area (Å²) in [6.45, 7) is 3.52. The van der Waals surface area contributed by atoms with E-state index in [0.29, 0.717) is 13.0 Å². The van der Waals surface area contributed by atoms with Gasteiger partial charge in [-0.3, -0.25) is 9.58 Å². The maximum atomic E-state index is 5.49. The van der Waals surface area contributed by atoms with Crippen LogP contribution in [-0.4, -0.2) is 51.6 Å². The average molecular weight is 305 g/mol. The van der Waals surface area contributed by atoms with Crippen molar-refractivity contribution in [2.75, 3.05) is 26.8 Å². The molecule has 2 aromatic heterocycles. The number of ether oxygens (including phenoxy) is 1. The third-order valence-corrected chi connectivity index (χ3v) is 4.09. The average Bonchev–Trinajstić information content (AvgIpc) is 3.23. The largest absolute Gasteiger partial charge is 0.384 e. The Balaban J connectivity index is 1.62. The maximum Gasteiger partial charge on any atom is 0.243 e. The molecule has 1 aliphatic rings. The summed E-state index contributed by atoms with van der Waals surface area (Å²) >= 11 is 0. The monoisotopic (exact) mass is 305 g/mol. The van der Waals surface area contributed by atoms with Crippen LogP contribution in [0.4, 0.5) is 0 Å². The van der Waals surface area contributed by atoms with E-state index in [-0.39, 0.29) is 6.04 Å². The Hall–Kier alpha value is -1.73. The molecule has 3 rings (SSSR count). The van der Waals surface area contributed by atoms with Crippen LogP contribution in [0.25, 0.3) is 0 Å². The molecule has 0 amide bonds. The summed E-state index contributed by atoms with van der Waals surface area (Å²) in [6, 6.07) is 2.18. The minimum absolute atomic E-state index is 0.230. The van der Waals surface area contributed by atoms with E-state index in [4.69, 9.17) is 9.26 Å². The Morgan fingerprint density at radius 1 is 1.36 bits per heavy atom. The van der Waals surface area contributed by atoms with Crippen molar-refractivity contribution in [3.63, 3.8) is 0 Å². The summed E-state index contributed by atoms with van der Waals surface area (Å²) in [7, 11) is 1.68. The minimum Gasteiger partial charge on any atom is -0.384 e. The number of rotatable bonds is 7. The second kappa shape index (κ2) is 7.51. The molecule has 1 atom stereocenters. The third-order valence-electron chi connectivity index (χ3n) is 4.09. The molecule has 0 radical (unpaired) electrons. The molecule has 0 bridgehead atoms. The topological polar surface area (TPSA) is 69.2 Å². The Kier molecular flexibility index (Phi) is 5.18. The molecule has 1 unspecified atom stereocenters. The zero-order chi connectivity index (χ0) is 15.2. The molecular formula is C15H23N5O2. The first kappa shape index (κ1) is 15.2. The van der Waals surface area contributed by atoms with Gasteiger partial charge in [-0.05, 0) is 25.5 Å². The number of methoxy groups -OCH3 is 1. The van der Waals surface area contributed by atoms with Crippen LogP contribution in [0.2, 0.25) is 0 Å². The van der Waals surface area contributed by atoms with Gasteiger partial charge in [0.15, 0.2) is 5.82 Å². The fraction of sp³-hybridized carbons (Fsp3) is 0.667. The van der Waals surface area contributed by atoms with Crippen LogP contribution in [0.5, 0.6) is 0 Å². The molecule has 1 aliphatic heterocycles. The number of nitrogens with zero attached hydrogens (tertiary/aromatic N) is 5. The highest BCUT2D eigenvalue weighted by atomic mass is 16.5. The Morgan fingerprint density at radius 3 is 3.14 bits per heavy atom. The van der Waals surface area contributed by atoms with E-state index in [1.165, 1.54) is 12.8 Å². The lowest BCUT2D eigenvalue weighted by atomic mass is 10.0. The first-order chi connectivity index (χ1) is 10.9. The van der Waals surface area contributed by atoms with Crippen LogP contribution in [0, 0.1) is 0 Å². The molecule has 1 fully saturated rings. The van der Waals surface area contributed by atoms with Crippen LogP contribution in [0.1, 0.15) is 37.0 Å². The Morgan fingerprint density at radius 2 is 2.32 bits per heavy atom. The van der Waals surface area contributed by atoms with Gasteiger partial charge in [-0.25, -0.2) is 0 Å². The second-order valence-electron chi connectivity index (χ2n) is 5.61. The fourth-order valence-corrected chi connectivity index (χ4v) is 2.90. The Bertz CT molecular complexity index is 554. The molecule has 0 aliphatic carbocycles. The van der Waals surface area contributed by atoms with Crippen LogP contribution in [0.15, 0.2) is 23.0 Å². The van der Waals surface area contributed by atoms with E-state index in [9.17, 15) is 0 Å². The SMILES string of the molecule is COCCc1noc(C2CCCCN2CCn2cccn2)n1. The molecule has 0 aromatic carbocycles. The highest BCUT2D eigenvalue weighted by Gasteiger charge is 2.28. The van der Waals surface area contributed by atoms with Crippen LogP contribution in [-0.2, 0) is 17.7 Å². The number of aromatic nitrogens is 4. The molecule has 0 spiro atoms. The van der Waals surface area contributed by atoms with Crippen LogP contribution >= 0.6 is 0 Å². The molecule has 2 aromatic rings. The highest BCUT2D eigenvalue weighted by molar-refractivity contribution is 4.96. The lowest BCUT2D eigenvalue weighted by Crippen LogP contribution is -2.36. The van der Waals surface area contributed by atoms with Gasteiger partial charge in [-0.1, -0.05) is 11.6 Å². The summed E-state index contributed by atoms with van der Waals surface area (Å²) in [5.41, 5.74) is 0. The normalized spacial score (nSPS) is 19.6. The number of hydrogen-bond acceptors (Lipinski definition) is 6. The van der Waals surface area contributed by atoms with E-state index in [1.54, 1.807) is 7.11 Å². The van der Waals surface area contributed by atoms with E-state index in [0.717, 1.165) is 37.8 Å². The summed E-state index contributed by atoms with van der Waals surface area (Å²) in [6.07, 6.45) is 8.01. The zero-order valence-corrected chi connectivity index (χ0v) is 13.0. The Labute approximate surface area is 130 Å². The van der Waals surface area contributed by atoms with Gasteiger partial charge < -0.3 is 9.26 Å². The van der Waals surface area contributed by atoms with E-state index in [2.05, 4.69) is 20.1 Å². The van der Waals surface area contributed by atoms with Gasteiger partial charge in [0.2, 0.25) is 5.89 Å². The van der Waals surface area contributed by atoms with Crippen LogP contribution in [0.3, 0.4) is 0 Å². The van der Waals surface area contributed by atoms with E-state index < -0.39 is 0 Å². The predicted molar refractivity (Wildman–Crippen MR) is 80.3 cm³/mol. The molecule has 0 N–H and O–H groups in total. The van der Waals surface area contributed by atoms with Gasteiger partial charge >= 0.3 is 0 Å². The molecule has 7 heteroatoms.